The summed E-state index contributed by atoms with van der Waals surface area (Å²) in [7, 11) is 0. The molecule has 0 unspecified atom stereocenters. The third-order valence-electron chi connectivity index (χ3n) is 4.25. The first-order valence-electron chi connectivity index (χ1n) is 9.63. The van der Waals surface area contributed by atoms with Crippen molar-refractivity contribution in [3.8, 4) is 0 Å². The number of hydrogen-bond acceptors (Lipinski definition) is 2. The number of nitrogens with zero attached hydrogens (tertiary/aromatic N) is 1. The molecule has 0 saturated heterocycles. The van der Waals surface area contributed by atoms with Gasteiger partial charge in [0.1, 0.15) is 0 Å². The summed E-state index contributed by atoms with van der Waals surface area (Å²) < 4.78 is 0. The van der Waals surface area contributed by atoms with E-state index in [1.54, 1.807) is 0 Å². The van der Waals surface area contributed by atoms with Gasteiger partial charge in [0, 0.05) is 32.1 Å². The fraction of sp³-hybridized carbons (Fsp3) is 0.600. The zero-order valence-electron chi connectivity index (χ0n) is 15.8. The lowest BCUT2D eigenvalue weighted by Gasteiger charge is -2.11. The molecule has 26 heavy (non-hydrogen) atoms. The molecule has 0 spiro atoms. The van der Waals surface area contributed by atoms with E-state index < -0.39 is 0 Å². The summed E-state index contributed by atoms with van der Waals surface area (Å²) in [6, 6.07) is 10.6. The summed E-state index contributed by atoms with van der Waals surface area (Å²) in [5.41, 5.74) is 1.41. The Morgan fingerprint density at radius 3 is 2.46 bits per heavy atom. The average molecular weight is 472 g/mol. The van der Waals surface area contributed by atoms with Crippen LogP contribution >= 0.6 is 24.0 Å². The number of halogens is 1. The van der Waals surface area contributed by atoms with Crippen molar-refractivity contribution in [3.05, 3.63) is 35.9 Å². The average Bonchev–Trinajstić information content (AvgIpc) is 3.47. The maximum Gasteiger partial charge on any atom is 0.223 e. The van der Waals surface area contributed by atoms with Crippen molar-refractivity contribution in [2.45, 2.75) is 45.4 Å². The fourth-order valence-corrected chi connectivity index (χ4v) is 2.65. The van der Waals surface area contributed by atoms with Gasteiger partial charge in [0.15, 0.2) is 5.96 Å². The number of carbonyl (C=O) groups excluding carboxylic acids is 1. The van der Waals surface area contributed by atoms with E-state index in [2.05, 4.69) is 58.2 Å². The van der Waals surface area contributed by atoms with Crippen molar-refractivity contribution in [2.24, 2.45) is 10.9 Å². The SMILES string of the molecule is CCNC(=NCCCCCc1ccccc1)NCCNC(=O)C1CC1.I. The van der Waals surface area contributed by atoms with Crippen molar-refractivity contribution >= 4 is 35.8 Å². The molecule has 0 aliphatic heterocycles. The molecule has 1 aromatic carbocycles. The zero-order valence-corrected chi connectivity index (χ0v) is 18.1. The lowest BCUT2D eigenvalue weighted by Crippen LogP contribution is -2.41. The first-order chi connectivity index (χ1) is 12.3. The zero-order chi connectivity index (χ0) is 17.7. The molecule has 0 bridgehead atoms. The van der Waals surface area contributed by atoms with Crippen LogP contribution in [0.2, 0.25) is 0 Å². The maximum atomic E-state index is 11.6. The summed E-state index contributed by atoms with van der Waals surface area (Å²) in [6.45, 7) is 5.09. The summed E-state index contributed by atoms with van der Waals surface area (Å²) in [5.74, 6) is 1.31. The lowest BCUT2D eigenvalue weighted by atomic mass is 10.1. The fourth-order valence-electron chi connectivity index (χ4n) is 2.65. The van der Waals surface area contributed by atoms with Crippen LogP contribution in [0.3, 0.4) is 0 Å². The van der Waals surface area contributed by atoms with Gasteiger partial charge in [-0.05, 0) is 44.6 Å². The lowest BCUT2D eigenvalue weighted by molar-refractivity contribution is -0.122. The Balaban J connectivity index is 0.00000338. The van der Waals surface area contributed by atoms with Crippen LogP contribution in [0.1, 0.15) is 44.6 Å². The number of carbonyl (C=O) groups is 1. The van der Waals surface area contributed by atoms with Gasteiger partial charge in [0.05, 0.1) is 0 Å². The van der Waals surface area contributed by atoms with Crippen LogP contribution in [0, 0.1) is 5.92 Å². The summed E-state index contributed by atoms with van der Waals surface area (Å²) >= 11 is 0. The van der Waals surface area contributed by atoms with Gasteiger partial charge in [-0.15, -0.1) is 24.0 Å². The Hall–Kier alpha value is -1.31. The van der Waals surface area contributed by atoms with E-state index in [1.165, 1.54) is 18.4 Å². The van der Waals surface area contributed by atoms with E-state index in [9.17, 15) is 4.79 Å². The summed E-state index contributed by atoms with van der Waals surface area (Å²) in [6.07, 6.45) is 6.73. The molecule has 146 valence electrons. The molecular formula is C20H33IN4O. The molecule has 6 heteroatoms. The Bertz CT molecular complexity index is 532. The largest absolute Gasteiger partial charge is 0.357 e. The molecule has 3 N–H and O–H groups in total. The smallest absolute Gasteiger partial charge is 0.223 e. The molecule has 1 aliphatic rings. The molecule has 0 heterocycles. The number of nitrogens with one attached hydrogen (secondary N) is 3. The van der Waals surface area contributed by atoms with E-state index in [4.69, 9.17) is 0 Å². The molecule has 0 atom stereocenters. The van der Waals surface area contributed by atoms with Crippen LogP contribution in [0.25, 0.3) is 0 Å². The number of hydrogen-bond donors (Lipinski definition) is 3. The van der Waals surface area contributed by atoms with E-state index in [1.807, 2.05) is 0 Å². The second-order valence-corrected chi connectivity index (χ2v) is 6.55. The topological polar surface area (TPSA) is 65.5 Å². The number of rotatable bonds is 11. The Morgan fingerprint density at radius 1 is 1.04 bits per heavy atom. The van der Waals surface area contributed by atoms with E-state index in [-0.39, 0.29) is 35.8 Å². The van der Waals surface area contributed by atoms with Crippen molar-refractivity contribution in [3.63, 3.8) is 0 Å². The highest BCUT2D eigenvalue weighted by atomic mass is 127. The van der Waals surface area contributed by atoms with Crippen LogP contribution < -0.4 is 16.0 Å². The molecule has 1 aliphatic carbocycles. The first-order valence-corrected chi connectivity index (χ1v) is 9.63. The monoisotopic (exact) mass is 472 g/mol. The third kappa shape index (κ3) is 9.99. The minimum Gasteiger partial charge on any atom is -0.357 e. The molecule has 1 amide bonds. The molecular weight excluding hydrogens is 439 g/mol. The first kappa shape index (κ1) is 22.7. The van der Waals surface area contributed by atoms with Crippen molar-refractivity contribution < 1.29 is 4.79 Å². The molecule has 1 aromatic rings. The van der Waals surface area contributed by atoms with E-state index >= 15 is 0 Å². The van der Waals surface area contributed by atoms with Gasteiger partial charge in [-0.2, -0.15) is 0 Å². The van der Waals surface area contributed by atoms with Crippen molar-refractivity contribution in [2.75, 3.05) is 26.2 Å². The van der Waals surface area contributed by atoms with Gasteiger partial charge < -0.3 is 16.0 Å². The van der Waals surface area contributed by atoms with Crippen LogP contribution in [0.5, 0.6) is 0 Å². The Morgan fingerprint density at radius 2 is 1.77 bits per heavy atom. The number of unbranched alkanes of at least 4 members (excludes halogenated alkanes) is 2. The Labute approximate surface area is 174 Å². The predicted molar refractivity (Wildman–Crippen MR) is 119 cm³/mol. The molecule has 5 nitrogen and oxygen atoms in total. The van der Waals surface area contributed by atoms with Crippen LogP contribution in [0.4, 0.5) is 0 Å². The standard InChI is InChI=1S/C20H32N4O.HI/c1-2-21-20(24-16-15-22-19(25)18-12-13-18)23-14-8-4-7-11-17-9-5-3-6-10-17;/h3,5-6,9-10,18H,2,4,7-8,11-16H2,1H3,(H,22,25)(H2,21,23,24);1H. The van der Waals surface area contributed by atoms with Crippen LogP contribution in [-0.4, -0.2) is 38.0 Å². The highest BCUT2D eigenvalue weighted by molar-refractivity contribution is 14.0. The van der Waals surface area contributed by atoms with E-state index in [0.717, 1.165) is 44.7 Å². The highest BCUT2D eigenvalue weighted by Gasteiger charge is 2.28. The minimum atomic E-state index is 0. The summed E-state index contributed by atoms with van der Waals surface area (Å²) in [4.78, 5) is 16.2. The van der Waals surface area contributed by atoms with Gasteiger partial charge >= 0.3 is 0 Å². The second kappa shape index (κ2) is 13.8. The Kier molecular flexibility index (Phi) is 12.1. The van der Waals surface area contributed by atoms with Crippen LogP contribution in [-0.2, 0) is 11.2 Å². The summed E-state index contributed by atoms with van der Waals surface area (Å²) in [5, 5.41) is 9.48. The third-order valence-corrected chi connectivity index (χ3v) is 4.25. The number of amides is 1. The van der Waals surface area contributed by atoms with Gasteiger partial charge in [-0.3, -0.25) is 9.79 Å². The molecule has 0 aromatic heterocycles. The number of guanidine groups is 1. The predicted octanol–water partition coefficient (Wildman–Crippen LogP) is 3.10. The van der Waals surface area contributed by atoms with Crippen molar-refractivity contribution in [1.29, 1.82) is 0 Å². The maximum absolute atomic E-state index is 11.6. The van der Waals surface area contributed by atoms with E-state index in [0.29, 0.717) is 13.1 Å². The molecule has 2 rings (SSSR count). The quantitative estimate of drug-likeness (QED) is 0.201. The van der Waals surface area contributed by atoms with Crippen molar-refractivity contribution in [1.82, 2.24) is 16.0 Å². The number of aliphatic imine (C=N–C) groups is 1. The molecule has 1 fully saturated rings. The minimum absolute atomic E-state index is 0. The second-order valence-electron chi connectivity index (χ2n) is 6.55. The highest BCUT2D eigenvalue weighted by Crippen LogP contribution is 2.28. The van der Waals surface area contributed by atoms with Crippen LogP contribution in [0.15, 0.2) is 35.3 Å². The number of aryl methyl sites for hydroxylation is 1. The normalized spacial score (nSPS) is 13.7. The van der Waals surface area contributed by atoms with Gasteiger partial charge in [0.25, 0.3) is 0 Å². The molecule has 1 saturated carbocycles. The van der Waals surface area contributed by atoms with Gasteiger partial charge in [-0.25, -0.2) is 0 Å². The molecule has 0 radical (unpaired) electrons. The number of benzene rings is 1. The van der Waals surface area contributed by atoms with Gasteiger partial charge in [-0.1, -0.05) is 36.8 Å². The van der Waals surface area contributed by atoms with Gasteiger partial charge in [0.2, 0.25) is 5.91 Å².